The van der Waals surface area contributed by atoms with Crippen molar-refractivity contribution >= 4 is 15.7 Å². The lowest BCUT2D eigenvalue weighted by molar-refractivity contribution is 0.589. The molecule has 2 N–H and O–H groups in total. The summed E-state index contributed by atoms with van der Waals surface area (Å²) in [5.41, 5.74) is 7.20. The fraction of sp³-hybridized carbons (Fsp3) is 0.667. The normalized spacial score (nSPS) is 24.5. The van der Waals surface area contributed by atoms with Crippen LogP contribution in [0.2, 0.25) is 0 Å². The largest absolute Gasteiger partial charge is 0.384 e. The lowest BCUT2D eigenvalue weighted by Crippen LogP contribution is -2.09. The zero-order valence-corrected chi connectivity index (χ0v) is 9.71. The van der Waals surface area contributed by atoms with E-state index in [4.69, 9.17) is 5.73 Å². The van der Waals surface area contributed by atoms with Crippen LogP contribution in [-0.4, -0.2) is 24.0 Å². The quantitative estimate of drug-likeness (QED) is 0.763. The minimum atomic E-state index is -3.00. The summed E-state index contributed by atoms with van der Waals surface area (Å²) in [5.74, 6) is 0.820. The summed E-state index contributed by atoms with van der Waals surface area (Å²) in [7, 11) is -1.27. The highest BCUT2D eigenvalue weighted by atomic mass is 32.2. The van der Waals surface area contributed by atoms with Crippen molar-refractivity contribution in [3.63, 3.8) is 0 Å². The minimum Gasteiger partial charge on any atom is -0.384 e. The molecule has 1 saturated heterocycles. The number of aryl methyl sites for hydroxylation is 1. The van der Waals surface area contributed by atoms with Crippen LogP contribution < -0.4 is 5.73 Å². The Bertz CT molecular complexity index is 490. The molecule has 1 atom stereocenters. The van der Waals surface area contributed by atoms with Gasteiger partial charge in [-0.2, -0.15) is 5.10 Å². The van der Waals surface area contributed by atoms with Crippen LogP contribution in [0.4, 0.5) is 5.82 Å². The first-order valence-corrected chi connectivity index (χ1v) is 6.65. The van der Waals surface area contributed by atoms with Crippen LogP contribution in [0.15, 0.2) is 0 Å². The SMILES string of the molecule is Cc1c(C2CCCS2(=O)=O)nn(C)c1N. The van der Waals surface area contributed by atoms with Gasteiger partial charge < -0.3 is 5.73 Å². The highest BCUT2D eigenvalue weighted by molar-refractivity contribution is 7.91. The van der Waals surface area contributed by atoms with Crippen molar-refractivity contribution in [3.05, 3.63) is 11.3 Å². The van der Waals surface area contributed by atoms with Crippen molar-refractivity contribution in [1.29, 1.82) is 0 Å². The first-order valence-electron chi connectivity index (χ1n) is 4.94. The van der Waals surface area contributed by atoms with E-state index in [0.717, 1.165) is 12.0 Å². The Kier molecular flexibility index (Phi) is 2.26. The van der Waals surface area contributed by atoms with Gasteiger partial charge in [0.2, 0.25) is 0 Å². The van der Waals surface area contributed by atoms with Crippen LogP contribution in [0.25, 0.3) is 0 Å². The Morgan fingerprint density at radius 1 is 1.53 bits per heavy atom. The maximum absolute atomic E-state index is 11.7. The molecule has 0 saturated carbocycles. The zero-order valence-electron chi connectivity index (χ0n) is 8.90. The molecule has 1 fully saturated rings. The number of rotatable bonds is 1. The Morgan fingerprint density at radius 3 is 2.60 bits per heavy atom. The molecular formula is C9H15N3O2S. The van der Waals surface area contributed by atoms with Crippen molar-refractivity contribution in [2.75, 3.05) is 11.5 Å². The molecule has 1 aromatic rings. The Hall–Kier alpha value is -1.04. The molecule has 1 aromatic heterocycles. The molecule has 1 aliphatic rings. The van der Waals surface area contributed by atoms with Gasteiger partial charge in [0.25, 0.3) is 0 Å². The number of hydrogen-bond acceptors (Lipinski definition) is 4. The summed E-state index contributed by atoms with van der Waals surface area (Å²) in [6.45, 7) is 1.82. The lowest BCUT2D eigenvalue weighted by atomic mass is 10.1. The first-order chi connectivity index (χ1) is 6.93. The molecule has 15 heavy (non-hydrogen) atoms. The van der Waals surface area contributed by atoms with Gasteiger partial charge in [-0.25, -0.2) is 8.42 Å². The molecule has 2 rings (SSSR count). The van der Waals surface area contributed by atoms with Crippen LogP contribution in [0, 0.1) is 6.92 Å². The van der Waals surface area contributed by atoms with Gasteiger partial charge in [-0.3, -0.25) is 4.68 Å². The van der Waals surface area contributed by atoms with Gasteiger partial charge in [0.05, 0.1) is 11.4 Å². The van der Waals surface area contributed by atoms with E-state index in [-0.39, 0.29) is 5.75 Å². The third kappa shape index (κ3) is 1.52. The molecule has 1 aliphatic heterocycles. The molecule has 0 aliphatic carbocycles. The van der Waals surface area contributed by atoms with Gasteiger partial charge in [0.15, 0.2) is 9.84 Å². The third-order valence-electron chi connectivity index (χ3n) is 3.01. The van der Waals surface area contributed by atoms with Gasteiger partial charge in [-0.05, 0) is 19.8 Å². The number of nitrogens with two attached hydrogens (primary N) is 1. The van der Waals surface area contributed by atoms with E-state index in [0.29, 0.717) is 17.9 Å². The standard InChI is InChI=1S/C9H15N3O2S/c1-6-8(11-12(2)9(6)10)7-4-3-5-15(7,13)14/h7H,3-5,10H2,1-2H3. The van der Waals surface area contributed by atoms with Crippen molar-refractivity contribution < 1.29 is 8.42 Å². The van der Waals surface area contributed by atoms with Crippen molar-refractivity contribution in [2.45, 2.75) is 25.0 Å². The highest BCUT2D eigenvalue weighted by Gasteiger charge is 2.36. The Balaban J connectivity index is 2.51. The van der Waals surface area contributed by atoms with E-state index < -0.39 is 15.1 Å². The predicted molar refractivity (Wildman–Crippen MR) is 58.1 cm³/mol. The molecule has 6 heteroatoms. The second kappa shape index (κ2) is 3.23. The monoisotopic (exact) mass is 229 g/mol. The number of sulfone groups is 1. The van der Waals surface area contributed by atoms with Crippen LogP contribution in [0.3, 0.4) is 0 Å². The Labute approximate surface area is 89.2 Å². The molecular weight excluding hydrogens is 214 g/mol. The summed E-state index contributed by atoms with van der Waals surface area (Å²) < 4.78 is 25.0. The second-order valence-corrected chi connectivity index (χ2v) is 6.32. The topological polar surface area (TPSA) is 78.0 Å². The summed E-state index contributed by atoms with van der Waals surface area (Å²) in [5, 5.41) is 3.76. The van der Waals surface area contributed by atoms with Gasteiger partial charge in [0, 0.05) is 12.6 Å². The van der Waals surface area contributed by atoms with Crippen LogP contribution in [0.5, 0.6) is 0 Å². The second-order valence-electron chi connectivity index (χ2n) is 4.02. The molecule has 0 spiro atoms. The smallest absolute Gasteiger partial charge is 0.158 e. The predicted octanol–water partition coefficient (Wildman–Crippen LogP) is 0.560. The molecule has 0 bridgehead atoms. The molecule has 84 valence electrons. The van der Waals surface area contributed by atoms with Crippen molar-refractivity contribution in [3.8, 4) is 0 Å². The van der Waals surface area contributed by atoms with Crippen LogP contribution >= 0.6 is 0 Å². The minimum absolute atomic E-state index is 0.271. The summed E-state index contributed by atoms with van der Waals surface area (Å²) in [6, 6.07) is 0. The maximum Gasteiger partial charge on any atom is 0.158 e. The average Bonchev–Trinajstić information content (AvgIpc) is 2.61. The van der Waals surface area contributed by atoms with E-state index in [1.807, 2.05) is 6.92 Å². The van der Waals surface area contributed by atoms with Gasteiger partial charge >= 0.3 is 0 Å². The fourth-order valence-corrected chi connectivity index (χ4v) is 4.01. The van der Waals surface area contributed by atoms with Gasteiger partial charge in [-0.15, -0.1) is 0 Å². The average molecular weight is 229 g/mol. The zero-order chi connectivity index (χ0) is 11.2. The molecule has 2 heterocycles. The van der Waals surface area contributed by atoms with E-state index in [9.17, 15) is 8.42 Å². The lowest BCUT2D eigenvalue weighted by Gasteiger charge is -2.06. The molecule has 0 amide bonds. The van der Waals surface area contributed by atoms with E-state index in [1.165, 1.54) is 0 Å². The first kappa shape index (κ1) is 10.5. The van der Waals surface area contributed by atoms with Crippen molar-refractivity contribution in [2.24, 2.45) is 7.05 Å². The maximum atomic E-state index is 11.7. The summed E-state index contributed by atoms with van der Waals surface area (Å²) in [4.78, 5) is 0. The fourth-order valence-electron chi connectivity index (χ4n) is 2.07. The third-order valence-corrected chi connectivity index (χ3v) is 5.19. The molecule has 0 radical (unpaired) electrons. The number of aromatic nitrogens is 2. The van der Waals surface area contributed by atoms with Gasteiger partial charge in [-0.1, -0.05) is 0 Å². The summed E-state index contributed by atoms with van der Waals surface area (Å²) >= 11 is 0. The van der Waals surface area contributed by atoms with Crippen molar-refractivity contribution in [1.82, 2.24) is 9.78 Å². The number of hydrogen-bond donors (Lipinski definition) is 1. The van der Waals surface area contributed by atoms with Crippen LogP contribution in [-0.2, 0) is 16.9 Å². The molecule has 0 aromatic carbocycles. The van der Waals surface area contributed by atoms with E-state index in [2.05, 4.69) is 5.10 Å². The van der Waals surface area contributed by atoms with E-state index >= 15 is 0 Å². The molecule has 1 unspecified atom stereocenters. The van der Waals surface area contributed by atoms with Crippen LogP contribution in [0.1, 0.15) is 29.3 Å². The number of nitrogen functional groups attached to an aromatic ring is 1. The number of nitrogens with zero attached hydrogens (tertiary/aromatic N) is 2. The summed E-state index contributed by atoms with van der Waals surface area (Å²) in [6.07, 6.45) is 1.39. The Morgan fingerprint density at radius 2 is 2.20 bits per heavy atom. The number of anilines is 1. The van der Waals surface area contributed by atoms with E-state index in [1.54, 1.807) is 11.7 Å². The highest BCUT2D eigenvalue weighted by Crippen LogP contribution is 2.36. The molecule has 5 nitrogen and oxygen atoms in total. The van der Waals surface area contributed by atoms with Gasteiger partial charge in [0.1, 0.15) is 11.1 Å².